The van der Waals surface area contributed by atoms with Crippen molar-refractivity contribution in [3.05, 3.63) is 44.2 Å². The number of hydrogen-bond acceptors (Lipinski definition) is 5. The fraction of sp³-hybridized carbons (Fsp3) is 0.235. The molecular weight excluding hydrogens is 399 g/mol. The first kappa shape index (κ1) is 20.2. The molecule has 0 aliphatic heterocycles. The Morgan fingerprint density at radius 3 is 2.50 bits per heavy atom. The van der Waals surface area contributed by atoms with Crippen LogP contribution in [-0.2, 0) is 9.53 Å². The van der Waals surface area contributed by atoms with Gasteiger partial charge in [0.05, 0.1) is 28.3 Å². The van der Waals surface area contributed by atoms with E-state index in [0.29, 0.717) is 21.3 Å². The average Bonchev–Trinajstić information content (AvgIpc) is 2.93. The Kier molecular flexibility index (Phi) is 6.63. The molecule has 0 saturated heterocycles. The van der Waals surface area contributed by atoms with Crippen LogP contribution in [0.2, 0.25) is 10.0 Å². The lowest BCUT2D eigenvalue weighted by Gasteiger charge is -2.07. The zero-order valence-corrected chi connectivity index (χ0v) is 16.6. The highest BCUT2D eigenvalue weighted by Crippen LogP contribution is 2.35. The third-order valence-corrected chi connectivity index (χ3v) is 5.26. The second-order valence-corrected chi connectivity index (χ2v) is 7.10. The van der Waals surface area contributed by atoms with E-state index in [4.69, 9.17) is 27.9 Å². The van der Waals surface area contributed by atoms with Crippen molar-refractivity contribution in [2.45, 2.75) is 20.3 Å². The third-order valence-electron chi connectivity index (χ3n) is 3.49. The summed E-state index contributed by atoms with van der Waals surface area (Å²) in [7, 11) is 1.23. The maximum absolute atomic E-state index is 12.7. The van der Waals surface area contributed by atoms with Crippen molar-refractivity contribution in [1.82, 2.24) is 0 Å². The van der Waals surface area contributed by atoms with Crippen molar-refractivity contribution in [2.75, 3.05) is 17.7 Å². The molecular formula is C17H16Cl2N2O4S. The maximum Gasteiger partial charge on any atom is 0.341 e. The van der Waals surface area contributed by atoms with Gasteiger partial charge in [-0.15, -0.1) is 11.3 Å². The summed E-state index contributed by atoms with van der Waals surface area (Å²) in [6.45, 7) is 3.29. The molecule has 1 aromatic carbocycles. The highest BCUT2D eigenvalue weighted by atomic mass is 35.5. The number of amides is 2. The Labute approximate surface area is 164 Å². The van der Waals surface area contributed by atoms with E-state index in [2.05, 4.69) is 10.6 Å². The van der Waals surface area contributed by atoms with Crippen molar-refractivity contribution in [1.29, 1.82) is 0 Å². The summed E-state index contributed by atoms with van der Waals surface area (Å²) in [6.07, 6.45) is 0.233. The molecule has 9 heteroatoms. The van der Waals surface area contributed by atoms with E-state index in [1.54, 1.807) is 26.0 Å². The Hall–Kier alpha value is -2.09. The molecule has 6 nitrogen and oxygen atoms in total. The number of ether oxygens (including phenoxy) is 1. The van der Waals surface area contributed by atoms with Gasteiger partial charge in [0.15, 0.2) is 0 Å². The predicted octanol–water partition coefficient (Wildman–Crippen LogP) is 4.75. The summed E-state index contributed by atoms with van der Waals surface area (Å²) in [5.74, 6) is -1.38. The minimum atomic E-state index is -0.634. The second-order valence-electron chi connectivity index (χ2n) is 5.23. The maximum atomic E-state index is 12.7. The van der Waals surface area contributed by atoms with Crippen LogP contribution >= 0.6 is 34.5 Å². The molecule has 0 aliphatic carbocycles. The van der Waals surface area contributed by atoms with Gasteiger partial charge in [-0.2, -0.15) is 0 Å². The molecule has 0 bridgehead atoms. The molecule has 0 fully saturated rings. The Morgan fingerprint density at radius 2 is 1.88 bits per heavy atom. The third kappa shape index (κ3) is 4.35. The topological polar surface area (TPSA) is 84.5 Å². The molecule has 0 atom stereocenters. The van der Waals surface area contributed by atoms with Crippen LogP contribution in [0.25, 0.3) is 0 Å². The lowest BCUT2D eigenvalue weighted by molar-refractivity contribution is -0.115. The fourth-order valence-corrected chi connectivity index (χ4v) is 3.60. The van der Waals surface area contributed by atoms with Gasteiger partial charge in [0.25, 0.3) is 5.91 Å². The van der Waals surface area contributed by atoms with Gasteiger partial charge in [-0.1, -0.05) is 30.1 Å². The molecule has 2 N–H and O–H groups in total. The number of nitrogens with one attached hydrogen (secondary N) is 2. The highest BCUT2D eigenvalue weighted by molar-refractivity contribution is 7.19. The molecule has 0 aliphatic rings. The van der Waals surface area contributed by atoms with Crippen molar-refractivity contribution in [3.8, 4) is 0 Å². The SMILES string of the molecule is CCC(=O)Nc1sc(C(=O)Nc2cc(Cl)ccc2Cl)c(C)c1C(=O)OC. The van der Waals surface area contributed by atoms with E-state index in [1.165, 1.54) is 13.2 Å². The van der Waals surface area contributed by atoms with Crippen LogP contribution in [0.15, 0.2) is 18.2 Å². The predicted molar refractivity (Wildman–Crippen MR) is 104 cm³/mol. The minimum absolute atomic E-state index is 0.154. The standard InChI is InChI=1S/C17H16Cl2N2O4S/c1-4-12(22)21-16-13(17(24)25-3)8(2)14(26-16)15(23)20-11-7-9(18)5-6-10(11)19/h5-7H,4H2,1-3H3,(H,20,23)(H,21,22). The molecule has 1 heterocycles. The smallest absolute Gasteiger partial charge is 0.341 e. The summed E-state index contributed by atoms with van der Waals surface area (Å²) < 4.78 is 4.77. The van der Waals surface area contributed by atoms with E-state index in [0.717, 1.165) is 11.3 Å². The Bertz CT molecular complexity index is 880. The van der Waals surface area contributed by atoms with Gasteiger partial charge < -0.3 is 15.4 Å². The second kappa shape index (κ2) is 8.53. The normalized spacial score (nSPS) is 10.3. The summed E-state index contributed by atoms with van der Waals surface area (Å²) >= 11 is 13.0. The van der Waals surface area contributed by atoms with Crippen LogP contribution < -0.4 is 10.6 Å². The number of methoxy groups -OCH3 is 1. The number of rotatable bonds is 5. The molecule has 2 aromatic rings. The first-order valence-electron chi connectivity index (χ1n) is 7.56. The number of carbonyl (C=O) groups is 3. The van der Waals surface area contributed by atoms with Crippen molar-refractivity contribution in [2.24, 2.45) is 0 Å². The first-order valence-corrected chi connectivity index (χ1v) is 9.13. The van der Waals surface area contributed by atoms with Gasteiger partial charge in [-0.3, -0.25) is 9.59 Å². The minimum Gasteiger partial charge on any atom is -0.465 e. The summed E-state index contributed by atoms with van der Waals surface area (Å²) in [6, 6.07) is 4.68. The monoisotopic (exact) mass is 414 g/mol. The van der Waals surface area contributed by atoms with Crippen molar-refractivity contribution >= 4 is 63.0 Å². The number of esters is 1. The number of carbonyl (C=O) groups excluding carboxylic acids is 3. The van der Waals surface area contributed by atoms with Gasteiger partial charge in [0.1, 0.15) is 5.00 Å². The molecule has 0 unspecified atom stereocenters. The molecule has 2 rings (SSSR count). The van der Waals surface area contributed by atoms with Gasteiger partial charge >= 0.3 is 5.97 Å². The van der Waals surface area contributed by atoms with Crippen LogP contribution in [0.1, 0.15) is 38.9 Å². The molecule has 138 valence electrons. The van der Waals surface area contributed by atoms with E-state index < -0.39 is 11.9 Å². The largest absolute Gasteiger partial charge is 0.465 e. The highest BCUT2D eigenvalue weighted by Gasteiger charge is 2.26. The quantitative estimate of drug-likeness (QED) is 0.691. The lowest BCUT2D eigenvalue weighted by atomic mass is 10.1. The van der Waals surface area contributed by atoms with Crippen LogP contribution in [0.3, 0.4) is 0 Å². The zero-order chi connectivity index (χ0) is 19.4. The van der Waals surface area contributed by atoms with E-state index in [1.807, 2.05) is 0 Å². The van der Waals surface area contributed by atoms with E-state index >= 15 is 0 Å². The van der Waals surface area contributed by atoms with Crippen LogP contribution in [0, 0.1) is 6.92 Å². The van der Waals surface area contributed by atoms with E-state index in [9.17, 15) is 14.4 Å². The van der Waals surface area contributed by atoms with Crippen molar-refractivity contribution < 1.29 is 19.1 Å². The number of anilines is 2. The van der Waals surface area contributed by atoms with Gasteiger partial charge in [0, 0.05) is 11.4 Å². The summed E-state index contributed by atoms with van der Waals surface area (Å²) in [5, 5.41) is 6.30. The van der Waals surface area contributed by atoms with Gasteiger partial charge in [0.2, 0.25) is 5.91 Å². The summed E-state index contributed by atoms with van der Waals surface area (Å²) in [4.78, 5) is 36.7. The number of thiophene rings is 1. The van der Waals surface area contributed by atoms with Crippen LogP contribution in [0.5, 0.6) is 0 Å². The summed E-state index contributed by atoms with van der Waals surface area (Å²) in [5.41, 5.74) is 0.904. The molecule has 0 spiro atoms. The molecule has 2 amide bonds. The molecule has 1 aromatic heterocycles. The number of halogens is 2. The Balaban J connectivity index is 2.42. The Morgan fingerprint density at radius 1 is 1.19 bits per heavy atom. The van der Waals surface area contributed by atoms with E-state index in [-0.39, 0.29) is 27.8 Å². The molecule has 26 heavy (non-hydrogen) atoms. The van der Waals surface area contributed by atoms with Crippen LogP contribution in [-0.4, -0.2) is 24.9 Å². The van der Waals surface area contributed by atoms with Gasteiger partial charge in [-0.05, 0) is 30.7 Å². The zero-order valence-electron chi connectivity index (χ0n) is 14.2. The lowest BCUT2D eigenvalue weighted by Crippen LogP contribution is -2.13. The number of benzene rings is 1. The first-order chi connectivity index (χ1) is 12.3. The van der Waals surface area contributed by atoms with Gasteiger partial charge in [-0.25, -0.2) is 4.79 Å². The molecule has 0 saturated carbocycles. The number of hydrogen-bond donors (Lipinski definition) is 2. The fourth-order valence-electron chi connectivity index (χ4n) is 2.15. The van der Waals surface area contributed by atoms with Crippen LogP contribution in [0.4, 0.5) is 10.7 Å². The average molecular weight is 415 g/mol. The molecule has 0 radical (unpaired) electrons. The van der Waals surface area contributed by atoms with Crippen molar-refractivity contribution in [3.63, 3.8) is 0 Å².